The lowest BCUT2D eigenvalue weighted by atomic mass is 10.00. The molecule has 15 N–H and O–H groups in total. The van der Waals surface area contributed by atoms with E-state index < -0.39 is 157 Å². The van der Waals surface area contributed by atoms with Crippen LogP contribution in [0.5, 0.6) is 0 Å². The van der Waals surface area contributed by atoms with Crippen molar-refractivity contribution in [1.29, 1.82) is 0 Å². The second-order valence-corrected chi connectivity index (χ2v) is 22.3. The molecule has 12 amide bonds. The van der Waals surface area contributed by atoms with Crippen LogP contribution in [-0.4, -0.2) is 195 Å². The van der Waals surface area contributed by atoms with E-state index in [0.717, 1.165) is 27.6 Å². The van der Waals surface area contributed by atoms with Gasteiger partial charge in [0.15, 0.2) is 0 Å². The third-order valence-electron chi connectivity index (χ3n) is 15.1. The Balaban J connectivity index is 1.11. The number of carbonyl (C=O) groups excluding carboxylic acids is 13. The molecule has 0 bridgehead atoms. The predicted octanol–water partition coefficient (Wildman–Crippen LogP) is -3.66. The minimum absolute atomic E-state index is 0.0128. The van der Waals surface area contributed by atoms with Gasteiger partial charge in [0.1, 0.15) is 60.4 Å². The van der Waals surface area contributed by atoms with Crippen LogP contribution < -0.4 is 54.0 Å². The van der Waals surface area contributed by atoms with E-state index in [4.69, 9.17) is 16.2 Å². The van der Waals surface area contributed by atoms with Crippen molar-refractivity contribution >= 4 is 87.8 Å². The molecule has 0 saturated carbocycles. The highest BCUT2D eigenvalue weighted by atomic mass is 16.5. The van der Waals surface area contributed by atoms with Crippen LogP contribution in [0.3, 0.4) is 0 Å². The maximum Gasteiger partial charge on any atom is 0.328 e. The summed E-state index contributed by atoms with van der Waals surface area (Å²) in [6, 6.07) is 1.40. The number of aromatic nitrogens is 1. The molecule has 0 spiro atoms. The number of nitrogens with two attached hydrogens (primary N) is 2. The maximum absolute atomic E-state index is 14.4. The fourth-order valence-electron chi connectivity index (χ4n) is 10.8. The highest BCUT2D eigenvalue weighted by molar-refractivity contribution is 6.01. The number of rotatable bonds is 30. The Hall–Kier alpha value is -8.99. The standard InChI is InChI=1S/C58H79N13O16/c1-5-87-58(86)41(25-33-28-61-35-16-10-9-15-34(33)35)67-53(81)43-17-11-21-70(43)57(85)40(27-46(60)75)66-55(83)48(31(4)73)69-52(80)42(29-72)68-54(82)44-18-12-22-71(44)56(84)39(26-45(59)74)65-51(79)38(24-32-13-7-6-8-14-32)64-50(78)37(23-30(2)3)63-49(77)36-19-20-47(76)62-36/h6-10,13-16,28,30-31,36-44,48,61,72-73H,5,11-12,17-27,29H2,1-4H3,(H2,59,74)(H2,60,75)(H,62,76)(H,63,77)(H,64,78)(H,65,79)(H,66,83)(H,67,81)(H,68,82)(H,69,80)/t31-,36+,37+,38+,39+,40+,41+,42+,43+,44+,48+/m1/s1. The zero-order chi connectivity index (χ0) is 63.6. The minimum Gasteiger partial charge on any atom is -0.464 e. The Labute approximate surface area is 501 Å². The Morgan fingerprint density at radius 1 is 0.632 bits per heavy atom. The van der Waals surface area contributed by atoms with E-state index in [9.17, 15) is 72.5 Å². The van der Waals surface area contributed by atoms with E-state index in [2.05, 4.69) is 47.5 Å². The van der Waals surface area contributed by atoms with E-state index in [-0.39, 0.29) is 82.9 Å². The number of hydrogen-bond acceptors (Lipinski definition) is 16. The molecule has 3 aliphatic rings. The molecule has 29 nitrogen and oxygen atoms in total. The maximum atomic E-state index is 14.4. The summed E-state index contributed by atoms with van der Waals surface area (Å²) >= 11 is 0. The molecule has 0 aliphatic carbocycles. The second-order valence-electron chi connectivity index (χ2n) is 22.3. The number of H-pyrrole nitrogens is 1. The first-order valence-electron chi connectivity index (χ1n) is 29.0. The molecule has 0 radical (unpaired) electrons. The first-order chi connectivity index (χ1) is 41.4. The van der Waals surface area contributed by atoms with Gasteiger partial charge in [0.25, 0.3) is 0 Å². The Morgan fingerprint density at radius 2 is 1.16 bits per heavy atom. The summed E-state index contributed by atoms with van der Waals surface area (Å²) in [7, 11) is 0. The quantitative estimate of drug-likeness (QED) is 0.0286. The van der Waals surface area contributed by atoms with E-state index in [1.54, 1.807) is 43.5 Å². The first kappa shape index (κ1) is 67.1. The van der Waals surface area contributed by atoms with Gasteiger partial charge in [0.2, 0.25) is 70.9 Å². The van der Waals surface area contributed by atoms with E-state index in [1.165, 1.54) is 0 Å². The Bertz CT molecular complexity index is 3030. The van der Waals surface area contributed by atoms with E-state index in [0.29, 0.717) is 17.5 Å². The summed E-state index contributed by atoms with van der Waals surface area (Å²) in [5, 5.41) is 42.0. The first-order valence-corrected chi connectivity index (χ1v) is 29.0. The van der Waals surface area contributed by atoms with Crippen molar-refractivity contribution in [2.75, 3.05) is 26.3 Å². The molecular weight excluding hydrogens is 1130 g/mol. The van der Waals surface area contributed by atoms with Crippen molar-refractivity contribution in [2.45, 2.75) is 165 Å². The molecule has 3 aliphatic heterocycles. The summed E-state index contributed by atoms with van der Waals surface area (Å²) < 4.78 is 5.27. The van der Waals surface area contributed by atoms with Crippen LogP contribution in [0.15, 0.2) is 60.8 Å². The van der Waals surface area contributed by atoms with Gasteiger partial charge in [0.05, 0.1) is 32.2 Å². The van der Waals surface area contributed by atoms with Crippen LogP contribution in [0, 0.1) is 5.92 Å². The molecule has 87 heavy (non-hydrogen) atoms. The summed E-state index contributed by atoms with van der Waals surface area (Å²) in [5.41, 5.74) is 13.2. The number of aromatic amines is 1. The van der Waals surface area contributed by atoms with Crippen LogP contribution in [-0.2, 0) is 79.9 Å². The normalized spacial score (nSPS) is 19.2. The van der Waals surface area contributed by atoms with Gasteiger partial charge < -0.3 is 83.7 Å². The Morgan fingerprint density at radius 3 is 1.70 bits per heavy atom. The molecule has 3 aromatic rings. The number of nitrogens with zero attached hydrogens (tertiary/aromatic N) is 2. The average Bonchev–Trinajstić information content (AvgIpc) is 3.48. The number of nitrogens with one attached hydrogen (secondary N) is 9. The SMILES string of the molecule is CCOC(=O)[C@H](Cc1c[nH]c2ccccc12)NC(=O)[C@@H]1CCCN1C(=O)[C@H](CC(N)=O)NC(=O)[C@@H](NC(=O)[C@H](CO)NC(=O)[C@@H]1CCCN1C(=O)[C@H](CC(N)=O)NC(=O)[C@H](Cc1ccccc1)NC(=O)[C@H](CC(C)C)NC(=O)[C@@H]1CCC(=O)N1)[C@@H](C)O. The van der Waals surface area contributed by atoms with Crippen LogP contribution in [0.25, 0.3) is 10.9 Å². The van der Waals surface area contributed by atoms with Gasteiger partial charge in [-0.05, 0) is 75.5 Å². The number of para-hydroxylation sites is 1. The van der Waals surface area contributed by atoms with Crippen LogP contribution in [0.4, 0.5) is 0 Å². The number of esters is 1. The van der Waals surface area contributed by atoms with Crippen molar-refractivity contribution in [3.05, 3.63) is 71.9 Å². The fourth-order valence-corrected chi connectivity index (χ4v) is 10.8. The monoisotopic (exact) mass is 1210 g/mol. The number of aliphatic hydroxyl groups excluding tert-OH is 2. The number of fused-ring (bicyclic) bond motifs is 1. The van der Waals surface area contributed by atoms with E-state index >= 15 is 0 Å². The van der Waals surface area contributed by atoms with Crippen molar-refractivity contribution in [3.8, 4) is 0 Å². The van der Waals surface area contributed by atoms with Gasteiger partial charge in [0, 0.05) is 49.5 Å². The van der Waals surface area contributed by atoms with Gasteiger partial charge in [-0.25, -0.2) is 4.79 Å². The fraction of sp³-hybridized carbons (Fsp3) is 0.534. The lowest BCUT2D eigenvalue weighted by Crippen LogP contribution is -2.62. The molecule has 2 aromatic carbocycles. The van der Waals surface area contributed by atoms with Crippen LogP contribution in [0.1, 0.15) is 96.6 Å². The molecular formula is C58H79N13O16. The average molecular weight is 1210 g/mol. The third-order valence-corrected chi connectivity index (χ3v) is 15.1. The number of ether oxygens (including phenoxy) is 1. The molecule has 3 fully saturated rings. The molecule has 3 saturated heterocycles. The van der Waals surface area contributed by atoms with Gasteiger partial charge in [-0.3, -0.25) is 57.5 Å². The predicted molar refractivity (Wildman–Crippen MR) is 309 cm³/mol. The topological polar surface area (TPSA) is 442 Å². The highest BCUT2D eigenvalue weighted by Crippen LogP contribution is 2.24. The van der Waals surface area contributed by atoms with Gasteiger partial charge in [-0.1, -0.05) is 62.4 Å². The molecule has 0 unspecified atom stereocenters. The molecule has 472 valence electrons. The number of likely N-dealkylation sites (tertiary alicyclic amines) is 2. The minimum atomic E-state index is -1.92. The lowest BCUT2D eigenvalue weighted by molar-refractivity contribution is -0.149. The molecule has 29 heteroatoms. The number of benzene rings is 2. The van der Waals surface area contributed by atoms with Crippen molar-refractivity contribution in [1.82, 2.24) is 57.3 Å². The number of primary amides is 2. The second kappa shape index (κ2) is 31.4. The third kappa shape index (κ3) is 18.5. The van der Waals surface area contributed by atoms with Gasteiger partial charge in [-0.15, -0.1) is 0 Å². The van der Waals surface area contributed by atoms with Gasteiger partial charge in [-0.2, -0.15) is 0 Å². The smallest absolute Gasteiger partial charge is 0.328 e. The van der Waals surface area contributed by atoms with Crippen molar-refractivity contribution in [2.24, 2.45) is 17.4 Å². The number of carbonyl (C=O) groups is 13. The molecule has 4 heterocycles. The van der Waals surface area contributed by atoms with Crippen LogP contribution in [0.2, 0.25) is 0 Å². The zero-order valence-electron chi connectivity index (χ0n) is 49.0. The van der Waals surface area contributed by atoms with Crippen molar-refractivity contribution in [3.63, 3.8) is 0 Å². The summed E-state index contributed by atoms with van der Waals surface area (Å²) in [5.74, 6) is -11.6. The van der Waals surface area contributed by atoms with E-state index in [1.807, 2.05) is 38.1 Å². The molecule has 11 atom stereocenters. The Kier molecular flexibility index (Phi) is 24.2. The van der Waals surface area contributed by atoms with Gasteiger partial charge >= 0.3 is 5.97 Å². The summed E-state index contributed by atoms with van der Waals surface area (Å²) in [6.07, 6.45) is -0.598. The molecule has 6 rings (SSSR count). The van der Waals surface area contributed by atoms with Crippen molar-refractivity contribution < 1.29 is 77.3 Å². The van der Waals surface area contributed by atoms with Crippen LogP contribution >= 0.6 is 0 Å². The zero-order valence-corrected chi connectivity index (χ0v) is 49.0. The summed E-state index contributed by atoms with van der Waals surface area (Å²) in [6.45, 7) is 5.13. The molecule has 1 aromatic heterocycles. The highest BCUT2D eigenvalue weighted by Gasteiger charge is 2.43. The lowest BCUT2D eigenvalue weighted by Gasteiger charge is -2.31. The number of aliphatic hydroxyl groups is 2. The largest absolute Gasteiger partial charge is 0.464 e. The number of hydrogen-bond donors (Lipinski definition) is 13. The summed E-state index contributed by atoms with van der Waals surface area (Å²) in [4.78, 5) is 181. The number of amides is 12.